The van der Waals surface area contributed by atoms with Gasteiger partial charge in [-0.1, -0.05) is 41.4 Å². The Morgan fingerprint density at radius 2 is 1.87 bits per heavy atom. The van der Waals surface area contributed by atoms with Crippen LogP contribution in [0.4, 0.5) is 5.69 Å². The molecular weight excluding hydrogens is 447 g/mol. The summed E-state index contributed by atoms with van der Waals surface area (Å²) in [5, 5.41) is 12.7. The number of aromatic carboxylic acids is 1. The summed E-state index contributed by atoms with van der Waals surface area (Å²) >= 11 is 13.3. The van der Waals surface area contributed by atoms with E-state index in [1.54, 1.807) is 48.5 Å². The topological polar surface area (TPSA) is 91.9 Å². The summed E-state index contributed by atoms with van der Waals surface area (Å²) in [4.78, 5) is 28.0. The number of aliphatic imine (C=N–C) groups is 1. The molecule has 150 valence electrons. The number of furan rings is 1. The summed E-state index contributed by atoms with van der Waals surface area (Å²) in [6, 6.07) is 14.9. The van der Waals surface area contributed by atoms with Gasteiger partial charge in [0.05, 0.1) is 26.2 Å². The van der Waals surface area contributed by atoms with E-state index in [-0.39, 0.29) is 11.5 Å². The molecule has 1 aromatic heterocycles. The predicted molar refractivity (Wildman–Crippen MR) is 118 cm³/mol. The number of carbonyl (C=O) groups is 2. The highest BCUT2D eigenvalue weighted by molar-refractivity contribution is 8.18. The zero-order valence-corrected chi connectivity index (χ0v) is 17.4. The molecule has 1 aliphatic heterocycles. The minimum absolute atomic E-state index is 0.193. The van der Waals surface area contributed by atoms with Crippen LogP contribution in [0.15, 0.2) is 68.9 Å². The number of thioether (sulfide) groups is 1. The molecule has 0 bridgehead atoms. The Hall–Kier alpha value is -3.00. The number of nitrogens with one attached hydrogen (secondary N) is 1. The van der Waals surface area contributed by atoms with Crippen LogP contribution >= 0.6 is 35.0 Å². The van der Waals surface area contributed by atoms with Crippen molar-refractivity contribution in [1.82, 2.24) is 5.32 Å². The normalized spacial score (nSPS) is 16.3. The average Bonchev–Trinajstić information content (AvgIpc) is 3.32. The van der Waals surface area contributed by atoms with Gasteiger partial charge in [0.15, 0.2) is 5.17 Å². The van der Waals surface area contributed by atoms with E-state index in [9.17, 15) is 9.59 Å². The lowest BCUT2D eigenvalue weighted by atomic mass is 10.1. The molecule has 1 aliphatic rings. The molecule has 1 fully saturated rings. The highest BCUT2D eigenvalue weighted by Crippen LogP contribution is 2.35. The zero-order valence-electron chi connectivity index (χ0n) is 15.1. The number of carbonyl (C=O) groups excluding carboxylic acids is 1. The second-order valence-corrected chi connectivity index (χ2v) is 7.96. The standard InChI is InChI=1S/C21H12Cl2N2O4S/c22-14-2-1-3-15(18(14)23)24-21-25-19(26)17(30-21)10-13-8-9-16(29-13)11-4-6-12(7-5-11)20(27)28/h1-10H,(H,27,28)(H,24,25,26)/b17-10-. The maximum atomic E-state index is 12.3. The van der Waals surface area contributed by atoms with Crippen LogP contribution in [0.2, 0.25) is 10.0 Å². The Labute approximate surface area is 185 Å². The molecule has 9 heteroatoms. The van der Waals surface area contributed by atoms with Gasteiger partial charge in [-0.25, -0.2) is 9.79 Å². The molecule has 4 rings (SSSR count). The number of rotatable bonds is 4. The molecule has 1 saturated heterocycles. The van der Waals surface area contributed by atoms with E-state index >= 15 is 0 Å². The number of benzene rings is 2. The van der Waals surface area contributed by atoms with Crippen LogP contribution in [-0.4, -0.2) is 22.2 Å². The molecular formula is C21H12Cl2N2O4S. The molecule has 0 unspecified atom stereocenters. The molecule has 2 N–H and O–H groups in total. The fourth-order valence-electron chi connectivity index (χ4n) is 2.66. The van der Waals surface area contributed by atoms with E-state index in [4.69, 9.17) is 32.7 Å². The summed E-state index contributed by atoms with van der Waals surface area (Å²) < 4.78 is 5.77. The van der Waals surface area contributed by atoms with E-state index in [1.807, 2.05) is 0 Å². The fourth-order valence-corrected chi connectivity index (χ4v) is 3.81. The molecule has 0 saturated carbocycles. The third kappa shape index (κ3) is 4.28. The van der Waals surface area contributed by atoms with Gasteiger partial charge >= 0.3 is 5.97 Å². The van der Waals surface area contributed by atoms with Crippen molar-refractivity contribution in [2.75, 3.05) is 0 Å². The monoisotopic (exact) mass is 458 g/mol. The number of amides is 1. The van der Waals surface area contributed by atoms with Crippen molar-refractivity contribution in [2.45, 2.75) is 0 Å². The van der Waals surface area contributed by atoms with Gasteiger partial charge in [-0.3, -0.25) is 4.79 Å². The van der Waals surface area contributed by atoms with Crippen LogP contribution in [0, 0.1) is 0 Å². The molecule has 2 aromatic carbocycles. The van der Waals surface area contributed by atoms with E-state index in [1.165, 1.54) is 12.1 Å². The Morgan fingerprint density at radius 3 is 2.60 bits per heavy atom. The molecule has 0 radical (unpaired) electrons. The average molecular weight is 459 g/mol. The van der Waals surface area contributed by atoms with Crippen LogP contribution in [0.1, 0.15) is 16.1 Å². The molecule has 0 aliphatic carbocycles. The largest absolute Gasteiger partial charge is 0.478 e. The minimum Gasteiger partial charge on any atom is -0.478 e. The highest BCUT2D eigenvalue weighted by Gasteiger charge is 2.24. The molecule has 0 atom stereocenters. The first-order chi connectivity index (χ1) is 14.4. The van der Waals surface area contributed by atoms with Crippen molar-refractivity contribution in [2.24, 2.45) is 4.99 Å². The van der Waals surface area contributed by atoms with Crippen molar-refractivity contribution in [3.63, 3.8) is 0 Å². The smallest absolute Gasteiger partial charge is 0.335 e. The Kier molecular flexibility index (Phi) is 5.67. The third-order valence-corrected chi connectivity index (χ3v) is 5.84. The van der Waals surface area contributed by atoms with Crippen molar-refractivity contribution in [1.29, 1.82) is 0 Å². The van der Waals surface area contributed by atoms with Crippen LogP contribution in [0.3, 0.4) is 0 Å². The predicted octanol–water partition coefficient (Wildman–Crippen LogP) is 5.84. The summed E-state index contributed by atoms with van der Waals surface area (Å²) in [5.41, 5.74) is 1.38. The Morgan fingerprint density at radius 1 is 1.10 bits per heavy atom. The van der Waals surface area contributed by atoms with Gasteiger partial charge < -0.3 is 14.8 Å². The minimum atomic E-state index is -0.993. The summed E-state index contributed by atoms with van der Waals surface area (Å²) in [6.07, 6.45) is 1.61. The number of hydrogen-bond donors (Lipinski definition) is 2. The lowest BCUT2D eigenvalue weighted by Gasteiger charge is -2.00. The molecule has 1 amide bonds. The number of nitrogens with zero attached hydrogens (tertiary/aromatic N) is 1. The molecule has 3 aromatic rings. The van der Waals surface area contributed by atoms with Gasteiger partial charge in [0.1, 0.15) is 11.5 Å². The van der Waals surface area contributed by atoms with Gasteiger partial charge in [-0.05, 0) is 48.2 Å². The molecule has 6 nitrogen and oxygen atoms in total. The summed E-state index contributed by atoms with van der Waals surface area (Å²) in [6.45, 7) is 0. The van der Waals surface area contributed by atoms with Gasteiger partial charge in [0.25, 0.3) is 5.91 Å². The third-order valence-electron chi connectivity index (χ3n) is 4.12. The quantitative estimate of drug-likeness (QED) is 0.478. The number of amidine groups is 1. The van der Waals surface area contributed by atoms with Crippen molar-refractivity contribution < 1.29 is 19.1 Å². The van der Waals surface area contributed by atoms with Crippen LogP contribution < -0.4 is 5.32 Å². The maximum Gasteiger partial charge on any atom is 0.335 e. The van der Waals surface area contributed by atoms with Crippen molar-refractivity contribution in [3.8, 4) is 11.3 Å². The van der Waals surface area contributed by atoms with Crippen LogP contribution in [-0.2, 0) is 4.79 Å². The lowest BCUT2D eigenvalue weighted by Crippen LogP contribution is -2.19. The Balaban J connectivity index is 1.54. The lowest BCUT2D eigenvalue weighted by molar-refractivity contribution is -0.115. The van der Waals surface area contributed by atoms with Crippen molar-refractivity contribution in [3.05, 3.63) is 80.9 Å². The number of hydrogen-bond acceptors (Lipinski definition) is 5. The van der Waals surface area contributed by atoms with Gasteiger partial charge in [0.2, 0.25) is 0 Å². The number of carboxylic acid groups (broad SMARTS) is 1. The van der Waals surface area contributed by atoms with Crippen LogP contribution in [0.5, 0.6) is 0 Å². The second kappa shape index (κ2) is 8.39. The number of carboxylic acids is 1. The summed E-state index contributed by atoms with van der Waals surface area (Å²) in [7, 11) is 0. The van der Waals surface area contributed by atoms with E-state index in [2.05, 4.69) is 10.3 Å². The molecule has 2 heterocycles. The molecule has 30 heavy (non-hydrogen) atoms. The summed E-state index contributed by atoms with van der Waals surface area (Å²) in [5.74, 6) is -0.262. The van der Waals surface area contributed by atoms with Gasteiger partial charge in [-0.2, -0.15) is 0 Å². The van der Waals surface area contributed by atoms with Gasteiger partial charge in [0, 0.05) is 11.6 Å². The second-order valence-electron chi connectivity index (χ2n) is 6.14. The van der Waals surface area contributed by atoms with E-state index < -0.39 is 5.97 Å². The zero-order chi connectivity index (χ0) is 21.3. The fraction of sp³-hybridized carbons (Fsp3) is 0. The highest BCUT2D eigenvalue weighted by atomic mass is 35.5. The van der Waals surface area contributed by atoms with Gasteiger partial charge in [-0.15, -0.1) is 0 Å². The number of halogens is 2. The maximum absolute atomic E-state index is 12.3. The van der Waals surface area contributed by atoms with E-state index in [0.29, 0.717) is 37.3 Å². The first kappa shape index (κ1) is 20.3. The van der Waals surface area contributed by atoms with Crippen molar-refractivity contribution >= 4 is 63.8 Å². The molecule has 0 spiro atoms. The SMILES string of the molecule is O=C1NC(=Nc2cccc(Cl)c2Cl)S/C1=C\c1ccc(-c2ccc(C(=O)O)cc2)o1. The first-order valence-electron chi connectivity index (χ1n) is 8.58. The van der Waals surface area contributed by atoms with E-state index in [0.717, 1.165) is 17.3 Å². The van der Waals surface area contributed by atoms with Crippen LogP contribution in [0.25, 0.3) is 17.4 Å². The first-order valence-corrected chi connectivity index (χ1v) is 10.1. The Bertz CT molecular complexity index is 1220.